The number of aromatic nitrogens is 6. The Morgan fingerprint density at radius 3 is 2.73 bits per heavy atom. The first kappa shape index (κ1) is 21.3. The Morgan fingerprint density at radius 2 is 2.00 bits per heavy atom. The second-order valence-electron chi connectivity index (χ2n) is 8.39. The smallest absolute Gasteiger partial charge is 0.242 e. The van der Waals surface area contributed by atoms with Gasteiger partial charge in [-0.05, 0) is 38.8 Å². The Hall–Kier alpha value is -3.59. The molecule has 0 saturated carbocycles. The van der Waals surface area contributed by atoms with Crippen LogP contribution >= 0.6 is 11.6 Å². The quantitative estimate of drug-likeness (QED) is 0.463. The van der Waals surface area contributed by atoms with Gasteiger partial charge in [0, 0.05) is 18.6 Å². The fourth-order valence-electron chi connectivity index (χ4n) is 4.24. The maximum Gasteiger partial charge on any atom is 0.242 e. The van der Waals surface area contributed by atoms with Crippen molar-refractivity contribution in [3.63, 3.8) is 0 Å². The largest absolute Gasteiger partial charge is 0.383 e. The highest BCUT2D eigenvalue weighted by molar-refractivity contribution is 6.30. The van der Waals surface area contributed by atoms with E-state index < -0.39 is 5.41 Å². The van der Waals surface area contributed by atoms with Gasteiger partial charge in [0.1, 0.15) is 22.7 Å². The highest BCUT2D eigenvalue weighted by Gasteiger charge is 2.48. The molecule has 0 saturated heterocycles. The van der Waals surface area contributed by atoms with Crippen molar-refractivity contribution in [2.75, 3.05) is 11.1 Å². The van der Waals surface area contributed by atoms with E-state index in [-0.39, 0.29) is 11.7 Å². The van der Waals surface area contributed by atoms with Crippen LogP contribution in [0.4, 0.5) is 11.6 Å². The van der Waals surface area contributed by atoms with E-state index in [0.717, 1.165) is 36.3 Å². The Bertz CT molecular complexity index is 1400. The molecule has 0 aliphatic carbocycles. The predicted molar refractivity (Wildman–Crippen MR) is 126 cm³/mol. The third-order valence-electron chi connectivity index (χ3n) is 5.99. The van der Waals surface area contributed by atoms with Gasteiger partial charge in [0.15, 0.2) is 11.5 Å². The summed E-state index contributed by atoms with van der Waals surface area (Å²) in [6.45, 7) is 5.84. The molecule has 4 aromatic heterocycles. The number of hydrogen-bond acceptors (Lipinski definition) is 7. The Labute approximate surface area is 195 Å². The van der Waals surface area contributed by atoms with Crippen molar-refractivity contribution in [1.29, 1.82) is 0 Å². The van der Waals surface area contributed by atoms with Crippen molar-refractivity contribution < 1.29 is 4.79 Å². The molecule has 1 unspecified atom stereocenters. The van der Waals surface area contributed by atoms with E-state index in [1.807, 2.05) is 23.7 Å². The molecule has 1 atom stereocenters. The maximum atomic E-state index is 13.1. The van der Waals surface area contributed by atoms with Gasteiger partial charge in [-0.1, -0.05) is 24.9 Å². The van der Waals surface area contributed by atoms with Crippen LogP contribution in [0.2, 0.25) is 5.02 Å². The molecule has 168 valence electrons. The number of unbranched alkanes of at least 4 members (excludes halogenated alkanes) is 1. The lowest BCUT2D eigenvalue weighted by atomic mass is 9.81. The van der Waals surface area contributed by atoms with E-state index in [4.69, 9.17) is 22.3 Å². The first-order valence-corrected chi connectivity index (χ1v) is 11.2. The summed E-state index contributed by atoms with van der Waals surface area (Å²) in [4.78, 5) is 36.0. The standard InChI is InChI=1S/C23H23ClN8O/c1-4-5-6-14-21-27-12(2)10-32(21)11-15(28-14)19-29-18(25)17-20(30-19)31-22(33)23(17,3)16-8-7-13(24)9-26-16/h7-11H,4-6H2,1-3H3,(H3,25,29,30,31,33). The van der Waals surface area contributed by atoms with Gasteiger partial charge >= 0.3 is 0 Å². The molecule has 1 amide bonds. The van der Waals surface area contributed by atoms with Crippen molar-refractivity contribution in [2.45, 2.75) is 45.4 Å². The number of halogens is 1. The average molecular weight is 463 g/mol. The molecule has 5 heterocycles. The van der Waals surface area contributed by atoms with E-state index in [1.54, 1.807) is 19.1 Å². The van der Waals surface area contributed by atoms with Gasteiger partial charge in [0.25, 0.3) is 0 Å². The number of amides is 1. The average Bonchev–Trinajstić information content (AvgIpc) is 3.29. The summed E-state index contributed by atoms with van der Waals surface area (Å²) in [5.74, 6) is 0.626. The van der Waals surface area contributed by atoms with Crippen LogP contribution in [-0.4, -0.2) is 35.2 Å². The normalized spacial score (nSPS) is 17.4. The van der Waals surface area contributed by atoms with Crippen LogP contribution in [0.5, 0.6) is 0 Å². The summed E-state index contributed by atoms with van der Waals surface area (Å²) in [5.41, 5.74) is 9.46. The van der Waals surface area contributed by atoms with E-state index in [1.165, 1.54) is 6.20 Å². The molecular weight excluding hydrogens is 440 g/mol. The minimum absolute atomic E-state index is 0.200. The van der Waals surface area contributed by atoms with Crippen LogP contribution in [0.3, 0.4) is 0 Å². The highest BCUT2D eigenvalue weighted by atomic mass is 35.5. The molecule has 0 fully saturated rings. The summed E-state index contributed by atoms with van der Waals surface area (Å²) in [5, 5.41) is 3.33. The van der Waals surface area contributed by atoms with Crippen LogP contribution in [0.25, 0.3) is 17.2 Å². The molecule has 33 heavy (non-hydrogen) atoms. The summed E-state index contributed by atoms with van der Waals surface area (Å²) >= 11 is 5.98. The van der Waals surface area contributed by atoms with Crippen molar-refractivity contribution in [3.8, 4) is 11.5 Å². The van der Waals surface area contributed by atoms with Crippen molar-refractivity contribution in [2.24, 2.45) is 0 Å². The van der Waals surface area contributed by atoms with Gasteiger partial charge in [-0.3, -0.25) is 9.78 Å². The van der Waals surface area contributed by atoms with Gasteiger partial charge in [-0.25, -0.2) is 19.9 Å². The first-order valence-electron chi connectivity index (χ1n) is 10.8. The molecule has 0 aromatic carbocycles. The Kier molecular flexibility index (Phi) is 5.01. The van der Waals surface area contributed by atoms with Crippen LogP contribution in [0.15, 0.2) is 30.7 Å². The van der Waals surface area contributed by atoms with Crippen molar-refractivity contribution >= 4 is 34.8 Å². The zero-order valence-corrected chi connectivity index (χ0v) is 19.3. The van der Waals surface area contributed by atoms with E-state index in [9.17, 15) is 4.79 Å². The van der Waals surface area contributed by atoms with Gasteiger partial charge in [0.2, 0.25) is 5.91 Å². The van der Waals surface area contributed by atoms with E-state index in [0.29, 0.717) is 33.6 Å². The maximum absolute atomic E-state index is 13.1. The zero-order valence-electron chi connectivity index (χ0n) is 18.6. The van der Waals surface area contributed by atoms with Gasteiger partial charge < -0.3 is 15.5 Å². The Balaban J connectivity index is 1.64. The zero-order chi connectivity index (χ0) is 23.3. The molecule has 0 bridgehead atoms. The number of fused-ring (bicyclic) bond motifs is 2. The van der Waals surface area contributed by atoms with Crippen molar-refractivity contribution in [3.05, 3.63) is 58.4 Å². The van der Waals surface area contributed by atoms with Crippen LogP contribution < -0.4 is 11.1 Å². The van der Waals surface area contributed by atoms with Crippen LogP contribution in [0.1, 0.15) is 49.3 Å². The molecule has 9 nitrogen and oxygen atoms in total. The minimum Gasteiger partial charge on any atom is -0.383 e. The lowest BCUT2D eigenvalue weighted by Gasteiger charge is -2.22. The number of pyridine rings is 1. The number of anilines is 2. The summed E-state index contributed by atoms with van der Waals surface area (Å²) in [6, 6.07) is 3.40. The number of aryl methyl sites for hydroxylation is 2. The van der Waals surface area contributed by atoms with Gasteiger partial charge in [0.05, 0.1) is 27.7 Å². The molecule has 0 radical (unpaired) electrons. The number of nitrogens with zero attached hydrogens (tertiary/aromatic N) is 6. The van der Waals surface area contributed by atoms with E-state index in [2.05, 4.69) is 32.2 Å². The second kappa shape index (κ2) is 7.77. The number of hydrogen-bond donors (Lipinski definition) is 2. The minimum atomic E-state index is -1.13. The fraction of sp³-hybridized carbons (Fsp3) is 0.304. The highest BCUT2D eigenvalue weighted by Crippen LogP contribution is 2.44. The molecule has 1 aliphatic heterocycles. The number of nitrogens with one attached hydrogen (secondary N) is 1. The third-order valence-corrected chi connectivity index (χ3v) is 6.21. The van der Waals surface area contributed by atoms with Crippen LogP contribution in [-0.2, 0) is 16.6 Å². The molecule has 10 heteroatoms. The first-order chi connectivity index (χ1) is 15.8. The number of carbonyl (C=O) groups excluding carboxylic acids is 1. The van der Waals surface area contributed by atoms with Crippen LogP contribution in [0, 0.1) is 6.92 Å². The summed E-state index contributed by atoms with van der Waals surface area (Å²) in [6.07, 6.45) is 8.11. The summed E-state index contributed by atoms with van der Waals surface area (Å²) < 4.78 is 1.94. The molecule has 1 aliphatic rings. The molecular formula is C23H23ClN8O. The molecule has 0 spiro atoms. The number of nitrogens with two attached hydrogens (primary N) is 1. The number of nitrogen functional groups attached to an aromatic ring is 1. The fourth-order valence-corrected chi connectivity index (χ4v) is 4.35. The topological polar surface area (TPSA) is 124 Å². The monoisotopic (exact) mass is 462 g/mol. The molecule has 4 aromatic rings. The Morgan fingerprint density at radius 1 is 1.18 bits per heavy atom. The predicted octanol–water partition coefficient (Wildman–Crippen LogP) is 3.73. The number of carbonyl (C=O) groups is 1. The van der Waals surface area contributed by atoms with Crippen molar-refractivity contribution in [1.82, 2.24) is 29.3 Å². The number of rotatable bonds is 5. The molecule has 5 rings (SSSR count). The third kappa shape index (κ3) is 3.39. The second-order valence-corrected chi connectivity index (χ2v) is 8.82. The number of imidazole rings is 1. The lowest BCUT2D eigenvalue weighted by Crippen LogP contribution is -2.33. The van der Waals surface area contributed by atoms with Gasteiger partial charge in [-0.2, -0.15) is 0 Å². The molecule has 3 N–H and O–H groups in total. The van der Waals surface area contributed by atoms with E-state index >= 15 is 0 Å². The SMILES string of the molecule is CCCCc1nc(-c2nc(N)c3c(n2)NC(=O)C3(C)c2ccc(Cl)cn2)cn2cc(C)nc12. The summed E-state index contributed by atoms with van der Waals surface area (Å²) in [7, 11) is 0. The lowest BCUT2D eigenvalue weighted by molar-refractivity contribution is -0.119. The van der Waals surface area contributed by atoms with Gasteiger partial charge in [-0.15, -0.1) is 0 Å².